The van der Waals surface area contributed by atoms with E-state index in [9.17, 15) is 0 Å². The van der Waals surface area contributed by atoms with Crippen LogP contribution < -0.4 is 5.32 Å². The fourth-order valence-corrected chi connectivity index (χ4v) is 1.87. The molecule has 0 bridgehead atoms. The molecule has 1 fully saturated rings. The Morgan fingerprint density at radius 3 is 2.88 bits per heavy atom. The fourth-order valence-electron chi connectivity index (χ4n) is 1.87. The van der Waals surface area contributed by atoms with E-state index in [1.165, 1.54) is 5.56 Å². The summed E-state index contributed by atoms with van der Waals surface area (Å²) in [4.78, 5) is 0. The van der Waals surface area contributed by atoms with Gasteiger partial charge in [0.05, 0.1) is 6.61 Å². The normalized spacial score (nSPS) is 25.3. The van der Waals surface area contributed by atoms with E-state index in [2.05, 4.69) is 48.7 Å². The highest BCUT2D eigenvalue weighted by molar-refractivity contribution is 5.48. The summed E-state index contributed by atoms with van der Waals surface area (Å²) in [5.74, 6) is 0. The van der Waals surface area contributed by atoms with Gasteiger partial charge >= 0.3 is 0 Å². The highest BCUT2D eigenvalue weighted by atomic mass is 16.5. The average molecular weight is 217 g/mol. The lowest BCUT2D eigenvalue weighted by Gasteiger charge is -2.22. The predicted molar refractivity (Wildman–Crippen MR) is 67.3 cm³/mol. The Labute approximate surface area is 97.3 Å². The minimum atomic E-state index is 0.168. The fraction of sp³-hybridized carbons (Fsp3) is 0.429. The van der Waals surface area contributed by atoms with Gasteiger partial charge in [-0.2, -0.15) is 0 Å². The molecule has 0 aliphatic carbocycles. The van der Waals surface area contributed by atoms with Crippen LogP contribution in [0.15, 0.2) is 36.4 Å². The van der Waals surface area contributed by atoms with Crippen LogP contribution in [0, 0.1) is 0 Å². The van der Waals surface area contributed by atoms with Gasteiger partial charge in [0.25, 0.3) is 0 Å². The lowest BCUT2D eigenvalue weighted by Crippen LogP contribution is -2.42. The monoisotopic (exact) mass is 217 g/mol. The first-order valence-electron chi connectivity index (χ1n) is 5.83. The van der Waals surface area contributed by atoms with E-state index in [-0.39, 0.29) is 5.54 Å². The predicted octanol–water partition coefficient (Wildman–Crippen LogP) is 2.47. The second kappa shape index (κ2) is 5.28. The van der Waals surface area contributed by atoms with Crippen LogP contribution in [0.1, 0.15) is 18.9 Å². The molecule has 0 spiro atoms. The van der Waals surface area contributed by atoms with Gasteiger partial charge in [-0.05, 0) is 18.9 Å². The molecule has 2 heteroatoms. The van der Waals surface area contributed by atoms with Crippen LogP contribution in [0.3, 0.4) is 0 Å². The summed E-state index contributed by atoms with van der Waals surface area (Å²) in [6, 6.07) is 10.4. The summed E-state index contributed by atoms with van der Waals surface area (Å²) >= 11 is 0. The highest BCUT2D eigenvalue weighted by Crippen LogP contribution is 2.16. The van der Waals surface area contributed by atoms with Crippen molar-refractivity contribution >= 4 is 6.08 Å². The molecule has 1 aliphatic heterocycles. The third-order valence-corrected chi connectivity index (χ3v) is 2.98. The maximum atomic E-state index is 5.39. The Balaban J connectivity index is 1.77. The quantitative estimate of drug-likeness (QED) is 0.836. The standard InChI is InChI=1S/C14H19NO/c1-14(9-11-16-12-14)15-10-5-8-13-6-3-2-4-7-13/h2-8,15H,9-12H2,1H3/b8-5+. The number of hydrogen-bond acceptors (Lipinski definition) is 2. The van der Waals surface area contributed by atoms with E-state index in [1.54, 1.807) is 0 Å². The van der Waals surface area contributed by atoms with Gasteiger partial charge in [0.15, 0.2) is 0 Å². The third-order valence-electron chi connectivity index (χ3n) is 2.98. The van der Waals surface area contributed by atoms with E-state index in [1.807, 2.05) is 6.07 Å². The Hall–Kier alpha value is -1.12. The van der Waals surface area contributed by atoms with Gasteiger partial charge in [0, 0.05) is 18.7 Å². The number of benzene rings is 1. The van der Waals surface area contributed by atoms with Crippen LogP contribution in [0.25, 0.3) is 6.08 Å². The van der Waals surface area contributed by atoms with Crippen molar-refractivity contribution in [3.63, 3.8) is 0 Å². The van der Waals surface area contributed by atoms with Crippen molar-refractivity contribution < 1.29 is 4.74 Å². The molecule has 0 amide bonds. The number of ether oxygens (including phenoxy) is 1. The van der Waals surface area contributed by atoms with Crippen molar-refractivity contribution in [1.82, 2.24) is 5.32 Å². The zero-order valence-electron chi connectivity index (χ0n) is 9.78. The molecule has 1 atom stereocenters. The molecule has 2 rings (SSSR count). The van der Waals surface area contributed by atoms with E-state index in [4.69, 9.17) is 4.74 Å². The average Bonchev–Trinajstić information content (AvgIpc) is 2.74. The molecule has 0 aromatic heterocycles. The van der Waals surface area contributed by atoms with Crippen LogP contribution in [-0.4, -0.2) is 25.3 Å². The molecule has 1 aromatic rings. The van der Waals surface area contributed by atoms with Crippen molar-refractivity contribution in [3.05, 3.63) is 42.0 Å². The third kappa shape index (κ3) is 3.19. The molecular weight excluding hydrogens is 198 g/mol. The Bertz CT molecular complexity index is 339. The number of nitrogens with one attached hydrogen (secondary N) is 1. The lowest BCUT2D eigenvalue weighted by molar-refractivity contribution is 0.173. The molecule has 1 aliphatic rings. The molecule has 16 heavy (non-hydrogen) atoms. The van der Waals surface area contributed by atoms with Crippen LogP contribution in [-0.2, 0) is 4.74 Å². The molecule has 1 N–H and O–H groups in total. The van der Waals surface area contributed by atoms with Gasteiger partial charge in [-0.1, -0.05) is 42.5 Å². The summed E-state index contributed by atoms with van der Waals surface area (Å²) in [6.45, 7) is 4.82. The summed E-state index contributed by atoms with van der Waals surface area (Å²) in [5, 5.41) is 3.52. The van der Waals surface area contributed by atoms with Crippen molar-refractivity contribution in [2.24, 2.45) is 0 Å². The van der Waals surface area contributed by atoms with Crippen LogP contribution in [0.5, 0.6) is 0 Å². The summed E-state index contributed by atoms with van der Waals surface area (Å²) in [6.07, 6.45) is 5.41. The molecule has 1 aromatic carbocycles. The Morgan fingerprint density at radius 1 is 1.38 bits per heavy atom. The Morgan fingerprint density at radius 2 is 2.19 bits per heavy atom. The first-order valence-corrected chi connectivity index (χ1v) is 5.83. The number of hydrogen-bond donors (Lipinski definition) is 1. The highest BCUT2D eigenvalue weighted by Gasteiger charge is 2.27. The minimum Gasteiger partial charge on any atom is -0.379 e. The van der Waals surface area contributed by atoms with Crippen molar-refractivity contribution in [2.45, 2.75) is 18.9 Å². The van der Waals surface area contributed by atoms with Crippen molar-refractivity contribution in [3.8, 4) is 0 Å². The van der Waals surface area contributed by atoms with Crippen LogP contribution in [0.4, 0.5) is 0 Å². The van der Waals surface area contributed by atoms with Gasteiger partial charge in [-0.25, -0.2) is 0 Å². The molecule has 1 heterocycles. The van der Waals surface area contributed by atoms with Crippen LogP contribution in [0.2, 0.25) is 0 Å². The second-order valence-corrected chi connectivity index (χ2v) is 4.56. The topological polar surface area (TPSA) is 21.3 Å². The summed E-state index contributed by atoms with van der Waals surface area (Å²) in [5.41, 5.74) is 1.42. The minimum absolute atomic E-state index is 0.168. The maximum Gasteiger partial charge on any atom is 0.0646 e. The molecular formula is C14H19NO. The SMILES string of the molecule is CC1(NC/C=C/c2ccccc2)CCOC1. The molecule has 2 nitrogen and oxygen atoms in total. The van der Waals surface area contributed by atoms with Gasteiger partial charge in [-0.3, -0.25) is 0 Å². The van der Waals surface area contributed by atoms with E-state index >= 15 is 0 Å². The molecule has 1 saturated heterocycles. The van der Waals surface area contributed by atoms with E-state index < -0.39 is 0 Å². The molecule has 86 valence electrons. The second-order valence-electron chi connectivity index (χ2n) is 4.56. The summed E-state index contributed by atoms with van der Waals surface area (Å²) in [7, 11) is 0. The van der Waals surface area contributed by atoms with Crippen LogP contribution >= 0.6 is 0 Å². The molecule has 1 unspecified atom stereocenters. The van der Waals surface area contributed by atoms with Gasteiger partial charge in [-0.15, -0.1) is 0 Å². The van der Waals surface area contributed by atoms with Crippen molar-refractivity contribution in [1.29, 1.82) is 0 Å². The maximum absolute atomic E-state index is 5.39. The zero-order valence-corrected chi connectivity index (χ0v) is 9.78. The largest absolute Gasteiger partial charge is 0.379 e. The van der Waals surface area contributed by atoms with Crippen molar-refractivity contribution in [2.75, 3.05) is 19.8 Å². The first-order chi connectivity index (χ1) is 7.79. The molecule has 0 radical (unpaired) electrons. The summed E-state index contributed by atoms with van der Waals surface area (Å²) < 4.78 is 5.39. The first kappa shape index (κ1) is 11.4. The van der Waals surface area contributed by atoms with E-state index in [0.717, 1.165) is 26.2 Å². The van der Waals surface area contributed by atoms with Gasteiger partial charge in [0.1, 0.15) is 0 Å². The lowest BCUT2D eigenvalue weighted by atomic mass is 10.0. The van der Waals surface area contributed by atoms with Gasteiger partial charge < -0.3 is 10.1 Å². The van der Waals surface area contributed by atoms with E-state index in [0.29, 0.717) is 0 Å². The Kier molecular flexibility index (Phi) is 3.75. The zero-order chi connectivity index (χ0) is 11.3. The molecule has 0 saturated carbocycles. The van der Waals surface area contributed by atoms with Gasteiger partial charge in [0.2, 0.25) is 0 Å². The number of rotatable bonds is 4. The smallest absolute Gasteiger partial charge is 0.0646 e.